The minimum atomic E-state index is -4.59. The van der Waals surface area contributed by atoms with Crippen molar-refractivity contribution >= 4 is 23.2 Å². The van der Waals surface area contributed by atoms with Gasteiger partial charge in [-0.15, -0.1) is 0 Å². The zero-order valence-corrected chi connectivity index (χ0v) is 14.8. The van der Waals surface area contributed by atoms with Crippen LogP contribution >= 0.6 is 11.6 Å². The number of aliphatic hydroxyl groups is 1. The van der Waals surface area contributed by atoms with E-state index >= 15 is 0 Å². The van der Waals surface area contributed by atoms with Crippen molar-refractivity contribution in [2.24, 2.45) is 0 Å². The van der Waals surface area contributed by atoms with E-state index in [4.69, 9.17) is 11.6 Å². The molecule has 0 saturated heterocycles. The number of alkyl halides is 3. The predicted octanol–water partition coefficient (Wildman–Crippen LogP) is 4.12. The Morgan fingerprint density at radius 3 is 2.70 bits per heavy atom. The summed E-state index contributed by atoms with van der Waals surface area (Å²) in [6, 6.07) is 6.49. The first kappa shape index (κ1) is 19.5. The molecule has 27 heavy (non-hydrogen) atoms. The Bertz CT molecular complexity index is 913. The second-order valence-corrected chi connectivity index (χ2v) is 6.76. The summed E-state index contributed by atoms with van der Waals surface area (Å²) in [7, 11) is 0. The molecule has 1 heterocycles. The number of pyridine rings is 1. The maximum absolute atomic E-state index is 13.0. The van der Waals surface area contributed by atoms with E-state index in [1.807, 2.05) is 0 Å². The summed E-state index contributed by atoms with van der Waals surface area (Å²) < 4.78 is 38.9. The average molecular weight is 398 g/mol. The van der Waals surface area contributed by atoms with Crippen molar-refractivity contribution < 1.29 is 27.9 Å². The Labute approximate surface area is 158 Å². The molecule has 0 amide bonds. The number of carbonyl (C=O) groups excluding carboxylic acids is 2. The zero-order chi connectivity index (χ0) is 19.8. The maximum Gasteiger partial charge on any atom is 0.417 e. The molecule has 0 radical (unpaired) electrons. The van der Waals surface area contributed by atoms with Gasteiger partial charge >= 0.3 is 6.18 Å². The number of fused-ring (bicyclic) bond motifs is 1. The van der Waals surface area contributed by atoms with Gasteiger partial charge in [0.15, 0.2) is 17.2 Å². The van der Waals surface area contributed by atoms with E-state index in [0.717, 1.165) is 6.07 Å². The van der Waals surface area contributed by atoms with Crippen molar-refractivity contribution in [1.29, 1.82) is 0 Å². The highest BCUT2D eigenvalue weighted by atomic mass is 35.5. The van der Waals surface area contributed by atoms with Gasteiger partial charge in [-0.25, -0.2) is 0 Å². The van der Waals surface area contributed by atoms with Gasteiger partial charge < -0.3 is 5.11 Å². The van der Waals surface area contributed by atoms with Crippen LogP contribution in [0.4, 0.5) is 13.2 Å². The Morgan fingerprint density at radius 1 is 1.26 bits per heavy atom. The minimum absolute atomic E-state index is 0.0312. The molecule has 1 aliphatic rings. The molecule has 1 atom stereocenters. The summed E-state index contributed by atoms with van der Waals surface area (Å²) in [5, 5.41) is 10.4. The van der Waals surface area contributed by atoms with Crippen LogP contribution in [0.15, 0.2) is 36.5 Å². The molecule has 4 nitrogen and oxygen atoms in total. The molecule has 0 bridgehead atoms. The fourth-order valence-corrected chi connectivity index (χ4v) is 3.57. The number of benzene rings is 1. The number of rotatable bonds is 4. The second kappa shape index (κ2) is 7.05. The first-order valence-electron chi connectivity index (χ1n) is 8.23. The lowest BCUT2D eigenvalue weighted by Crippen LogP contribution is -2.41. The molecule has 8 heteroatoms. The van der Waals surface area contributed by atoms with E-state index in [2.05, 4.69) is 4.98 Å². The van der Waals surface area contributed by atoms with Crippen LogP contribution in [0.25, 0.3) is 0 Å². The highest BCUT2D eigenvalue weighted by Gasteiger charge is 2.44. The van der Waals surface area contributed by atoms with Crippen molar-refractivity contribution in [3.63, 3.8) is 0 Å². The Hall–Kier alpha value is -2.25. The van der Waals surface area contributed by atoms with E-state index in [0.29, 0.717) is 0 Å². The topological polar surface area (TPSA) is 67.3 Å². The first-order chi connectivity index (χ1) is 12.6. The van der Waals surface area contributed by atoms with Gasteiger partial charge in [0.05, 0.1) is 10.6 Å². The van der Waals surface area contributed by atoms with Crippen molar-refractivity contribution in [2.45, 2.75) is 37.5 Å². The van der Waals surface area contributed by atoms with Crippen LogP contribution in [-0.4, -0.2) is 21.7 Å². The average Bonchev–Trinajstić information content (AvgIpc) is 2.63. The van der Waals surface area contributed by atoms with Gasteiger partial charge in [0.2, 0.25) is 0 Å². The monoisotopic (exact) mass is 397 g/mol. The molecule has 3 rings (SSSR count). The lowest BCUT2D eigenvalue weighted by atomic mass is 9.77. The molecule has 0 saturated carbocycles. The zero-order valence-electron chi connectivity index (χ0n) is 14.0. The van der Waals surface area contributed by atoms with Crippen molar-refractivity contribution in [2.75, 3.05) is 0 Å². The Balaban J connectivity index is 1.83. The number of nitrogens with zero attached hydrogens (tertiary/aromatic N) is 1. The van der Waals surface area contributed by atoms with Crippen molar-refractivity contribution in [1.82, 2.24) is 4.98 Å². The lowest BCUT2D eigenvalue weighted by Gasteiger charge is -2.31. The van der Waals surface area contributed by atoms with Crippen LogP contribution in [0.3, 0.4) is 0 Å². The van der Waals surface area contributed by atoms with Crippen LogP contribution < -0.4 is 0 Å². The summed E-state index contributed by atoms with van der Waals surface area (Å²) in [6.45, 7) is 0. The largest absolute Gasteiger partial charge is 0.417 e. The minimum Gasteiger partial charge on any atom is -0.377 e. The quantitative estimate of drug-likeness (QED) is 0.842. The van der Waals surface area contributed by atoms with Gasteiger partial charge in [0, 0.05) is 24.6 Å². The summed E-state index contributed by atoms with van der Waals surface area (Å²) in [4.78, 5) is 28.6. The molecule has 1 N–H and O–H groups in total. The van der Waals surface area contributed by atoms with Crippen LogP contribution in [0.2, 0.25) is 5.02 Å². The normalized spacial score (nSPS) is 19.7. The number of aromatic nitrogens is 1. The highest BCUT2D eigenvalue weighted by Crippen LogP contribution is 2.38. The third-order valence-electron chi connectivity index (χ3n) is 4.70. The number of carbonyl (C=O) groups is 2. The van der Waals surface area contributed by atoms with Crippen molar-refractivity contribution in [3.05, 3.63) is 63.9 Å². The van der Waals surface area contributed by atoms with Crippen LogP contribution in [-0.2, 0) is 23.0 Å². The third kappa shape index (κ3) is 3.61. The molecular weight excluding hydrogens is 383 g/mol. The van der Waals surface area contributed by atoms with Gasteiger partial charge in [-0.05, 0) is 30.5 Å². The molecule has 2 aromatic rings. The van der Waals surface area contributed by atoms with Gasteiger partial charge in [0.1, 0.15) is 5.69 Å². The standard InChI is InChI=1S/C19H15ClF3NO3/c20-16-11(3-1-4-12(16)19(21,22)23)6-7-15(26)18(27)9-8-14(25)17-13(18)5-2-10-24-17/h1-5,10,27H,6-9H2. The molecule has 0 spiro atoms. The van der Waals surface area contributed by atoms with E-state index in [9.17, 15) is 27.9 Å². The third-order valence-corrected chi connectivity index (χ3v) is 5.14. The number of halogens is 4. The molecule has 1 aromatic carbocycles. The van der Waals surface area contributed by atoms with E-state index in [1.54, 1.807) is 0 Å². The molecule has 0 aliphatic heterocycles. The number of aryl methyl sites for hydroxylation is 1. The summed E-state index contributed by atoms with van der Waals surface area (Å²) >= 11 is 5.85. The van der Waals surface area contributed by atoms with Crippen LogP contribution in [0.5, 0.6) is 0 Å². The molecule has 142 valence electrons. The molecular formula is C19H15ClF3NO3. The van der Waals surface area contributed by atoms with Gasteiger partial charge in [0.25, 0.3) is 0 Å². The summed E-state index contributed by atoms with van der Waals surface area (Å²) in [5.74, 6) is -0.846. The summed E-state index contributed by atoms with van der Waals surface area (Å²) in [6.07, 6.45) is -3.59. The number of ketones is 2. The SMILES string of the molecule is O=C1CCC(O)(C(=O)CCc2cccc(C(F)(F)F)c2Cl)c2cccnc21. The molecule has 1 unspecified atom stereocenters. The fourth-order valence-electron chi connectivity index (χ4n) is 3.25. The number of hydrogen-bond acceptors (Lipinski definition) is 4. The molecule has 0 fully saturated rings. The predicted molar refractivity (Wildman–Crippen MR) is 91.5 cm³/mol. The van der Waals surface area contributed by atoms with E-state index in [-0.39, 0.29) is 48.3 Å². The Kier molecular flexibility index (Phi) is 5.10. The smallest absolute Gasteiger partial charge is 0.377 e. The number of hydrogen-bond donors (Lipinski definition) is 1. The first-order valence-corrected chi connectivity index (χ1v) is 8.61. The van der Waals surface area contributed by atoms with Crippen molar-refractivity contribution in [3.8, 4) is 0 Å². The molecule has 1 aromatic heterocycles. The maximum atomic E-state index is 13.0. The van der Waals surface area contributed by atoms with E-state index in [1.165, 1.54) is 30.5 Å². The number of Topliss-reactive ketones (excluding diaryl/α,β-unsaturated/α-hetero) is 2. The highest BCUT2D eigenvalue weighted by molar-refractivity contribution is 6.32. The van der Waals surface area contributed by atoms with Gasteiger partial charge in [-0.1, -0.05) is 29.8 Å². The van der Waals surface area contributed by atoms with Gasteiger partial charge in [-0.2, -0.15) is 13.2 Å². The summed E-state index contributed by atoms with van der Waals surface area (Å²) in [5.41, 5.74) is -2.49. The fraction of sp³-hybridized carbons (Fsp3) is 0.316. The van der Waals surface area contributed by atoms with E-state index < -0.39 is 28.1 Å². The van der Waals surface area contributed by atoms with Crippen LogP contribution in [0.1, 0.15) is 46.4 Å². The van der Waals surface area contributed by atoms with Crippen LogP contribution in [0, 0.1) is 0 Å². The second-order valence-electron chi connectivity index (χ2n) is 6.38. The van der Waals surface area contributed by atoms with Gasteiger partial charge in [-0.3, -0.25) is 14.6 Å². The molecule has 1 aliphatic carbocycles. The Morgan fingerprint density at radius 2 is 2.00 bits per heavy atom. The lowest BCUT2D eigenvalue weighted by molar-refractivity contribution is -0.139.